The Morgan fingerprint density at radius 3 is 2.50 bits per heavy atom. The molecule has 1 heterocycles. The minimum Gasteiger partial charge on any atom is -0.380 e. The first kappa shape index (κ1) is 12.0. The highest BCUT2D eigenvalue weighted by Crippen LogP contribution is 2.05. The molecule has 0 bridgehead atoms. The molecular formula is C11H24N2O. The van der Waals surface area contributed by atoms with Gasteiger partial charge in [0.15, 0.2) is 0 Å². The van der Waals surface area contributed by atoms with Crippen LogP contribution in [0.1, 0.15) is 26.7 Å². The summed E-state index contributed by atoms with van der Waals surface area (Å²) in [5.74, 6) is 0. The SMILES string of the molecule is COC(C)C(C)NCCN1CCCC1. The Hall–Kier alpha value is -0.120. The van der Waals surface area contributed by atoms with E-state index in [1.165, 1.54) is 32.5 Å². The Labute approximate surface area is 87.8 Å². The van der Waals surface area contributed by atoms with E-state index in [1.807, 2.05) is 0 Å². The van der Waals surface area contributed by atoms with E-state index < -0.39 is 0 Å². The molecule has 1 saturated heterocycles. The number of hydrogen-bond acceptors (Lipinski definition) is 3. The van der Waals surface area contributed by atoms with Crippen LogP contribution < -0.4 is 5.32 Å². The number of rotatable bonds is 6. The van der Waals surface area contributed by atoms with Crippen molar-refractivity contribution in [3.63, 3.8) is 0 Å². The van der Waals surface area contributed by atoms with Crippen molar-refractivity contribution in [3.05, 3.63) is 0 Å². The fourth-order valence-corrected chi connectivity index (χ4v) is 1.83. The second kappa shape index (κ2) is 6.38. The van der Waals surface area contributed by atoms with Crippen molar-refractivity contribution in [2.24, 2.45) is 0 Å². The second-order valence-electron chi connectivity index (χ2n) is 4.23. The quantitative estimate of drug-likeness (QED) is 0.695. The van der Waals surface area contributed by atoms with Crippen LogP contribution in [-0.4, -0.2) is 50.3 Å². The Balaban J connectivity index is 2.02. The number of hydrogen-bond donors (Lipinski definition) is 1. The molecule has 2 unspecified atom stereocenters. The summed E-state index contributed by atoms with van der Waals surface area (Å²) in [5, 5.41) is 3.49. The van der Waals surface area contributed by atoms with Gasteiger partial charge in [0, 0.05) is 26.2 Å². The van der Waals surface area contributed by atoms with Crippen molar-refractivity contribution in [2.45, 2.75) is 38.8 Å². The lowest BCUT2D eigenvalue weighted by Gasteiger charge is -2.22. The molecule has 1 rings (SSSR count). The molecule has 0 amide bonds. The molecule has 1 N–H and O–H groups in total. The number of nitrogens with one attached hydrogen (secondary N) is 1. The second-order valence-corrected chi connectivity index (χ2v) is 4.23. The summed E-state index contributed by atoms with van der Waals surface area (Å²) in [4.78, 5) is 2.52. The molecule has 0 spiro atoms. The molecule has 0 aromatic heterocycles. The van der Waals surface area contributed by atoms with Crippen LogP contribution in [0.25, 0.3) is 0 Å². The molecule has 0 saturated carbocycles. The molecule has 0 aliphatic carbocycles. The maximum Gasteiger partial charge on any atom is 0.0693 e. The van der Waals surface area contributed by atoms with Crippen LogP contribution in [0.3, 0.4) is 0 Å². The highest BCUT2D eigenvalue weighted by atomic mass is 16.5. The standard InChI is InChI=1S/C11H24N2O/c1-10(11(2)14-3)12-6-9-13-7-4-5-8-13/h10-12H,4-9H2,1-3H3. The normalized spacial score (nSPS) is 22.5. The maximum absolute atomic E-state index is 5.26. The molecule has 14 heavy (non-hydrogen) atoms. The van der Waals surface area contributed by atoms with Gasteiger partial charge in [-0.15, -0.1) is 0 Å². The molecule has 3 heteroatoms. The molecule has 1 aliphatic rings. The average molecular weight is 200 g/mol. The Bertz CT molecular complexity index is 146. The predicted molar refractivity (Wildman–Crippen MR) is 59.6 cm³/mol. The third-order valence-electron chi connectivity index (χ3n) is 3.17. The summed E-state index contributed by atoms with van der Waals surface area (Å²) in [7, 11) is 1.77. The van der Waals surface area contributed by atoms with Gasteiger partial charge < -0.3 is 15.0 Å². The molecular weight excluding hydrogens is 176 g/mol. The molecule has 0 aromatic rings. The summed E-state index contributed by atoms with van der Waals surface area (Å²) in [5.41, 5.74) is 0. The van der Waals surface area contributed by atoms with Gasteiger partial charge in [-0.05, 0) is 39.8 Å². The van der Waals surface area contributed by atoms with Crippen molar-refractivity contribution >= 4 is 0 Å². The van der Waals surface area contributed by atoms with Crippen molar-refractivity contribution in [3.8, 4) is 0 Å². The van der Waals surface area contributed by atoms with Crippen LogP contribution in [0.2, 0.25) is 0 Å². The van der Waals surface area contributed by atoms with E-state index in [-0.39, 0.29) is 0 Å². The van der Waals surface area contributed by atoms with Crippen molar-refractivity contribution in [1.82, 2.24) is 10.2 Å². The number of ether oxygens (including phenoxy) is 1. The van der Waals surface area contributed by atoms with E-state index in [0.717, 1.165) is 6.54 Å². The third-order valence-corrected chi connectivity index (χ3v) is 3.17. The van der Waals surface area contributed by atoms with Gasteiger partial charge in [0.05, 0.1) is 6.10 Å². The smallest absolute Gasteiger partial charge is 0.0693 e. The highest BCUT2D eigenvalue weighted by Gasteiger charge is 2.13. The molecule has 0 aromatic carbocycles. The van der Waals surface area contributed by atoms with E-state index in [4.69, 9.17) is 4.74 Å². The zero-order chi connectivity index (χ0) is 10.4. The average Bonchev–Trinajstić information content (AvgIpc) is 2.69. The summed E-state index contributed by atoms with van der Waals surface area (Å²) in [6.07, 6.45) is 3.06. The van der Waals surface area contributed by atoms with Gasteiger partial charge in [-0.25, -0.2) is 0 Å². The first-order valence-electron chi connectivity index (χ1n) is 5.72. The van der Waals surface area contributed by atoms with Crippen LogP contribution in [0.5, 0.6) is 0 Å². The topological polar surface area (TPSA) is 24.5 Å². The van der Waals surface area contributed by atoms with Gasteiger partial charge in [-0.3, -0.25) is 0 Å². The van der Waals surface area contributed by atoms with E-state index >= 15 is 0 Å². The Morgan fingerprint density at radius 1 is 1.29 bits per heavy atom. The van der Waals surface area contributed by atoms with Gasteiger partial charge in [-0.1, -0.05) is 0 Å². The Morgan fingerprint density at radius 2 is 1.93 bits per heavy atom. The van der Waals surface area contributed by atoms with E-state index in [9.17, 15) is 0 Å². The van der Waals surface area contributed by atoms with Crippen molar-refractivity contribution in [2.75, 3.05) is 33.3 Å². The van der Waals surface area contributed by atoms with Crippen molar-refractivity contribution < 1.29 is 4.74 Å². The number of nitrogens with zero attached hydrogens (tertiary/aromatic N) is 1. The van der Waals surface area contributed by atoms with Crippen molar-refractivity contribution in [1.29, 1.82) is 0 Å². The first-order valence-corrected chi connectivity index (χ1v) is 5.72. The highest BCUT2D eigenvalue weighted by molar-refractivity contribution is 4.71. The molecule has 1 fully saturated rings. The molecule has 3 nitrogen and oxygen atoms in total. The molecule has 1 aliphatic heterocycles. The van der Waals surface area contributed by atoms with E-state index in [2.05, 4.69) is 24.1 Å². The van der Waals surface area contributed by atoms with E-state index in [0.29, 0.717) is 12.1 Å². The monoisotopic (exact) mass is 200 g/mol. The van der Waals surface area contributed by atoms with Gasteiger partial charge in [-0.2, -0.15) is 0 Å². The zero-order valence-corrected chi connectivity index (χ0v) is 9.75. The first-order chi connectivity index (χ1) is 6.74. The molecule has 84 valence electrons. The summed E-state index contributed by atoms with van der Waals surface area (Å²) in [6.45, 7) is 9.12. The number of methoxy groups -OCH3 is 1. The predicted octanol–water partition coefficient (Wildman–Crippen LogP) is 1.10. The summed E-state index contributed by atoms with van der Waals surface area (Å²) < 4.78 is 5.26. The lowest BCUT2D eigenvalue weighted by Crippen LogP contribution is -2.40. The summed E-state index contributed by atoms with van der Waals surface area (Å²) in [6, 6.07) is 0.447. The van der Waals surface area contributed by atoms with Gasteiger partial charge in [0.1, 0.15) is 0 Å². The summed E-state index contributed by atoms with van der Waals surface area (Å²) >= 11 is 0. The zero-order valence-electron chi connectivity index (χ0n) is 9.75. The lowest BCUT2D eigenvalue weighted by atomic mass is 10.2. The van der Waals surface area contributed by atoms with Crippen LogP contribution in [0.15, 0.2) is 0 Å². The molecule has 0 radical (unpaired) electrons. The Kier molecular flexibility index (Phi) is 5.45. The van der Waals surface area contributed by atoms with Gasteiger partial charge >= 0.3 is 0 Å². The van der Waals surface area contributed by atoms with Crippen LogP contribution in [0.4, 0.5) is 0 Å². The minimum atomic E-state index is 0.300. The fourth-order valence-electron chi connectivity index (χ4n) is 1.83. The maximum atomic E-state index is 5.26. The van der Waals surface area contributed by atoms with Gasteiger partial charge in [0.25, 0.3) is 0 Å². The van der Waals surface area contributed by atoms with E-state index in [1.54, 1.807) is 7.11 Å². The third kappa shape index (κ3) is 3.95. The largest absolute Gasteiger partial charge is 0.380 e. The molecule has 2 atom stereocenters. The van der Waals surface area contributed by atoms with Gasteiger partial charge in [0.2, 0.25) is 0 Å². The number of likely N-dealkylation sites (tertiary alicyclic amines) is 1. The van der Waals surface area contributed by atoms with Crippen LogP contribution >= 0.6 is 0 Å². The minimum absolute atomic E-state index is 0.300. The fraction of sp³-hybridized carbons (Fsp3) is 1.00. The lowest BCUT2D eigenvalue weighted by molar-refractivity contribution is 0.0879. The van der Waals surface area contributed by atoms with Crippen LogP contribution in [-0.2, 0) is 4.74 Å². The van der Waals surface area contributed by atoms with Crippen LogP contribution in [0, 0.1) is 0 Å².